The summed E-state index contributed by atoms with van der Waals surface area (Å²) < 4.78 is 0. The number of H-pyrrole nitrogens is 1. The number of para-hydroxylation sites is 1. The number of benzene rings is 1. The van der Waals surface area contributed by atoms with Crippen LogP contribution in [-0.2, 0) is 11.2 Å². The van der Waals surface area contributed by atoms with E-state index in [1.54, 1.807) is 25.2 Å². The van der Waals surface area contributed by atoms with Gasteiger partial charge in [0.2, 0.25) is 12.4 Å². The molecule has 3 aliphatic rings. The highest BCUT2D eigenvalue weighted by Gasteiger charge is 2.31. The normalized spacial score (nSPS) is 20.1. The minimum absolute atomic E-state index is 0.00586. The van der Waals surface area contributed by atoms with Gasteiger partial charge in [0.25, 0.3) is 0 Å². The molecule has 2 unspecified atom stereocenters. The lowest BCUT2D eigenvalue weighted by Gasteiger charge is -2.34. The van der Waals surface area contributed by atoms with Crippen molar-refractivity contribution in [1.82, 2.24) is 30.1 Å². The molecule has 0 aliphatic carbocycles. The predicted molar refractivity (Wildman–Crippen MR) is 201 cm³/mol. The number of carbonyl (C=O) groups excluding carboxylic acids is 1. The van der Waals surface area contributed by atoms with Crippen LogP contribution in [0.1, 0.15) is 69.5 Å². The SMILES string of the molecule is CC(C)(C)C.CC1c2c([nH]c(N)c2/C=C(\N)c2ccccc2O)CCN1c1ncc(N2CCC(CN3CCN(C)CC3)C2)cn1.CNC=O. The van der Waals surface area contributed by atoms with Crippen molar-refractivity contribution < 1.29 is 9.90 Å². The number of aromatic nitrogens is 3. The van der Waals surface area contributed by atoms with Crippen LogP contribution in [0.25, 0.3) is 11.8 Å². The number of nitrogens with two attached hydrogens (primary N) is 2. The van der Waals surface area contributed by atoms with Crippen molar-refractivity contribution >= 4 is 35.6 Å². The van der Waals surface area contributed by atoms with Gasteiger partial charge < -0.3 is 46.5 Å². The van der Waals surface area contributed by atoms with E-state index in [9.17, 15) is 5.11 Å². The Morgan fingerprint density at radius 3 is 2.33 bits per heavy atom. The minimum atomic E-state index is 0.00586. The van der Waals surface area contributed by atoms with Gasteiger partial charge in [0.15, 0.2) is 0 Å². The summed E-state index contributed by atoms with van der Waals surface area (Å²) in [4.78, 5) is 31.7. The molecule has 2 aromatic heterocycles. The maximum atomic E-state index is 10.3. The van der Waals surface area contributed by atoms with Crippen molar-refractivity contribution in [3.8, 4) is 5.75 Å². The van der Waals surface area contributed by atoms with E-state index in [2.05, 4.69) is 71.6 Å². The lowest BCUT2D eigenvalue weighted by atomic mass is 9.95. The number of nitrogens with zero attached hydrogens (tertiary/aromatic N) is 6. The van der Waals surface area contributed by atoms with E-state index in [1.807, 2.05) is 24.5 Å². The number of fused-ring (bicyclic) bond motifs is 1. The zero-order valence-electron chi connectivity index (χ0n) is 30.5. The number of hydrogen-bond acceptors (Lipinski definition) is 10. The molecule has 0 radical (unpaired) electrons. The Balaban J connectivity index is 0.000000536. The molecule has 49 heavy (non-hydrogen) atoms. The van der Waals surface area contributed by atoms with Gasteiger partial charge in [0, 0.05) is 93.9 Å². The number of likely N-dealkylation sites (N-methyl/N-ethyl adjacent to an activating group) is 1. The van der Waals surface area contributed by atoms with Crippen LogP contribution in [-0.4, -0.2) is 103 Å². The lowest BCUT2D eigenvalue weighted by molar-refractivity contribution is -0.109. The summed E-state index contributed by atoms with van der Waals surface area (Å²) in [7, 11) is 3.77. The van der Waals surface area contributed by atoms with E-state index in [4.69, 9.17) is 26.2 Å². The van der Waals surface area contributed by atoms with E-state index >= 15 is 0 Å². The van der Waals surface area contributed by atoms with Crippen LogP contribution in [0.5, 0.6) is 5.75 Å². The van der Waals surface area contributed by atoms with Crippen molar-refractivity contribution in [3.05, 3.63) is 59.0 Å². The fourth-order valence-corrected chi connectivity index (χ4v) is 6.48. The van der Waals surface area contributed by atoms with Crippen molar-refractivity contribution in [2.24, 2.45) is 17.1 Å². The first-order valence-electron chi connectivity index (χ1n) is 17.4. The topological polar surface area (TPSA) is 156 Å². The highest BCUT2D eigenvalue weighted by atomic mass is 16.3. The highest BCUT2D eigenvalue weighted by molar-refractivity contribution is 5.86. The average molecular weight is 675 g/mol. The summed E-state index contributed by atoms with van der Waals surface area (Å²) >= 11 is 0. The lowest BCUT2D eigenvalue weighted by Crippen LogP contribution is -2.46. The van der Waals surface area contributed by atoms with Crippen molar-refractivity contribution in [2.45, 2.75) is 53.5 Å². The third kappa shape index (κ3) is 10.4. The Kier molecular flexibility index (Phi) is 12.9. The molecule has 12 heteroatoms. The van der Waals surface area contributed by atoms with Gasteiger partial charge in [-0.1, -0.05) is 39.8 Å². The van der Waals surface area contributed by atoms with Gasteiger partial charge in [0.1, 0.15) is 11.6 Å². The number of nitrogens with one attached hydrogen (secondary N) is 2. The summed E-state index contributed by atoms with van der Waals surface area (Å²) in [5.41, 5.74) is 18.5. The highest BCUT2D eigenvalue weighted by Crippen LogP contribution is 2.38. The van der Waals surface area contributed by atoms with Gasteiger partial charge in [-0.25, -0.2) is 9.97 Å². The Labute approximate surface area is 292 Å². The summed E-state index contributed by atoms with van der Waals surface area (Å²) in [5, 5.41) is 12.5. The van der Waals surface area contributed by atoms with Gasteiger partial charge in [-0.05, 0) is 49.9 Å². The first kappa shape index (κ1) is 37.5. The zero-order valence-corrected chi connectivity index (χ0v) is 30.5. The van der Waals surface area contributed by atoms with E-state index < -0.39 is 0 Å². The maximum Gasteiger partial charge on any atom is 0.225 e. The second-order valence-corrected chi connectivity index (χ2v) is 14.9. The zero-order chi connectivity index (χ0) is 35.7. The van der Waals surface area contributed by atoms with Gasteiger partial charge in [0.05, 0.1) is 24.1 Å². The van der Waals surface area contributed by atoms with E-state index in [0.29, 0.717) is 34.8 Å². The van der Waals surface area contributed by atoms with Crippen molar-refractivity contribution in [2.75, 3.05) is 82.0 Å². The first-order valence-corrected chi connectivity index (χ1v) is 17.4. The maximum absolute atomic E-state index is 10.3. The fraction of sp³-hybridized carbons (Fsp3) is 0.541. The Bertz CT molecular complexity index is 1520. The molecular weight excluding hydrogens is 616 g/mol. The summed E-state index contributed by atoms with van der Waals surface area (Å²) in [5.74, 6) is 2.14. The van der Waals surface area contributed by atoms with Crippen LogP contribution in [0, 0.1) is 11.3 Å². The van der Waals surface area contributed by atoms with Gasteiger partial charge in [-0.15, -0.1) is 0 Å². The molecule has 0 spiro atoms. The second kappa shape index (κ2) is 16.9. The molecule has 0 bridgehead atoms. The molecule has 2 fully saturated rings. The molecule has 12 nitrogen and oxygen atoms in total. The summed E-state index contributed by atoms with van der Waals surface area (Å²) in [6.07, 6.45) is 8.46. The second-order valence-electron chi connectivity index (χ2n) is 14.9. The third-order valence-corrected chi connectivity index (χ3v) is 8.96. The predicted octanol–water partition coefficient (Wildman–Crippen LogP) is 4.16. The number of piperazine rings is 1. The molecule has 2 atom stereocenters. The molecule has 1 aromatic carbocycles. The largest absolute Gasteiger partial charge is 0.507 e. The molecule has 268 valence electrons. The molecule has 5 heterocycles. The number of aromatic hydroxyl groups is 1. The number of phenolic OH excluding ortho intramolecular Hbond substituents is 1. The number of aromatic amines is 1. The number of rotatable bonds is 7. The van der Waals surface area contributed by atoms with E-state index in [0.717, 1.165) is 54.5 Å². The first-order chi connectivity index (χ1) is 23.3. The van der Waals surface area contributed by atoms with Crippen LogP contribution in [0.2, 0.25) is 0 Å². The smallest absolute Gasteiger partial charge is 0.225 e. The summed E-state index contributed by atoms with van der Waals surface area (Å²) in [6.45, 7) is 19.7. The Hall–Kier alpha value is -4.29. The van der Waals surface area contributed by atoms with Gasteiger partial charge >= 0.3 is 0 Å². The molecule has 0 saturated carbocycles. The minimum Gasteiger partial charge on any atom is -0.507 e. The molecule has 7 N–H and O–H groups in total. The quantitative estimate of drug-likeness (QED) is 0.231. The molecule has 1 amide bonds. The molecule has 3 aromatic rings. The van der Waals surface area contributed by atoms with Gasteiger partial charge in [-0.3, -0.25) is 4.79 Å². The molecular formula is C37H58N10O2. The van der Waals surface area contributed by atoms with Crippen molar-refractivity contribution in [1.29, 1.82) is 0 Å². The fourth-order valence-electron chi connectivity index (χ4n) is 6.48. The monoisotopic (exact) mass is 674 g/mol. The number of phenols is 1. The average Bonchev–Trinajstić information content (AvgIpc) is 3.66. The molecule has 2 saturated heterocycles. The number of nitrogen functional groups attached to an aromatic ring is 1. The Morgan fingerprint density at radius 2 is 1.71 bits per heavy atom. The number of hydrogen-bond donors (Lipinski definition) is 5. The van der Waals surface area contributed by atoms with Crippen LogP contribution in [0.4, 0.5) is 17.5 Å². The number of anilines is 3. The van der Waals surface area contributed by atoms with Crippen LogP contribution in [0.15, 0.2) is 36.7 Å². The van der Waals surface area contributed by atoms with E-state index in [1.165, 1.54) is 39.1 Å². The number of amides is 1. The van der Waals surface area contributed by atoms with Crippen molar-refractivity contribution in [3.63, 3.8) is 0 Å². The standard InChI is InChI=1S/C30H41N9O.C5H12.C2H5NO/c1-20-28-24(15-25(31)23-5-3-4-6-27(23)40)29(32)35-26(28)8-10-39(20)30-33-16-22(17-34-30)38-9-7-21(19-38)18-37-13-11-36(2)12-14-37;1-5(2,3)4;1-3-2-4/h3-6,15-17,20-21,35,40H,7-14,18-19,31-32H2,1-2H3;1-4H3;2H,1H3,(H,3,4)/b25-15-;;. The van der Waals surface area contributed by atoms with E-state index in [-0.39, 0.29) is 11.8 Å². The van der Waals surface area contributed by atoms with Crippen LogP contribution >= 0.6 is 0 Å². The number of carbonyl (C=O) groups is 1. The summed E-state index contributed by atoms with van der Waals surface area (Å²) in [6, 6.07) is 7.07. The Morgan fingerprint density at radius 1 is 1.08 bits per heavy atom. The van der Waals surface area contributed by atoms with Gasteiger partial charge in [-0.2, -0.15) is 0 Å². The third-order valence-electron chi connectivity index (χ3n) is 8.96. The van der Waals surface area contributed by atoms with Crippen LogP contribution < -0.4 is 26.6 Å². The molecule has 6 rings (SSSR count). The van der Waals surface area contributed by atoms with Crippen LogP contribution in [0.3, 0.4) is 0 Å². The molecule has 3 aliphatic heterocycles.